The molecule has 0 spiro atoms. The molecule has 3 heteroatoms. The molecule has 60 valence electrons. The van der Waals surface area contributed by atoms with Crippen LogP contribution in [0, 0.1) is 0 Å². The third-order valence-electron chi connectivity index (χ3n) is 1.80. The Morgan fingerprint density at radius 2 is 2.08 bits per heavy atom. The smallest absolute Gasteiger partial charge is 0.224 e. The van der Waals surface area contributed by atoms with Gasteiger partial charge in [-0.05, 0) is 6.07 Å². The molecule has 2 rings (SSSR count). The number of nitrogens with one attached hydrogen (secondary N) is 1. The third-order valence-corrected chi connectivity index (χ3v) is 2.38. The Morgan fingerprint density at radius 1 is 1.33 bits per heavy atom. The number of aromatic nitrogens is 1. The molecule has 0 radical (unpaired) electrons. The standard InChI is InChI=1S/C9H6INO/c10-9(12)7-5-11-8-4-2-1-3-6(7)8/h1-5,11H. The summed E-state index contributed by atoms with van der Waals surface area (Å²) in [4.78, 5) is 14.1. The molecule has 1 N–H and O–H groups in total. The molecule has 0 bridgehead atoms. The highest BCUT2D eigenvalue weighted by Crippen LogP contribution is 2.19. The fourth-order valence-electron chi connectivity index (χ4n) is 1.23. The number of benzene rings is 1. The van der Waals surface area contributed by atoms with Crippen LogP contribution in [0.4, 0.5) is 0 Å². The van der Waals surface area contributed by atoms with Crippen molar-refractivity contribution in [3.8, 4) is 0 Å². The number of hydrogen-bond acceptors (Lipinski definition) is 1. The van der Waals surface area contributed by atoms with E-state index in [0.717, 1.165) is 16.5 Å². The molecule has 0 fully saturated rings. The Morgan fingerprint density at radius 3 is 2.83 bits per heavy atom. The summed E-state index contributed by atoms with van der Waals surface area (Å²) in [7, 11) is 0. The lowest BCUT2D eigenvalue weighted by Gasteiger charge is -1.89. The van der Waals surface area contributed by atoms with Crippen LogP contribution in [-0.4, -0.2) is 8.77 Å². The van der Waals surface area contributed by atoms with Gasteiger partial charge in [0.05, 0.1) is 5.56 Å². The van der Waals surface area contributed by atoms with E-state index in [0.29, 0.717) is 0 Å². The largest absolute Gasteiger partial charge is 0.360 e. The van der Waals surface area contributed by atoms with Gasteiger partial charge in [0.25, 0.3) is 0 Å². The summed E-state index contributed by atoms with van der Waals surface area (Å²) in [5, 5.41) is 0.997. The summed E-state index contributed by atoms with van der Waals surface area (Å²) < 4.78 is 0.0741. The van der Waals surface area contributed by atoms with Crippen LogP contribution in [0.3, 0.4) is 0 Å². The van der Waals surface area contributed by atoms with Gasteiger partial charge in [-0.1, -0.05) is 18.2 Å². The second-order valence-electron chi connectivity index (χ2n) is 2.52. The highest BCUT2D eigenvalue weighted by Gasteiger charge is 2.06. The number of para-hydroxylation sites is 1. The van der Waals surface area contributed by atoms with Gasteiger partial charge in [0, 0.05) is 39.7 Å². The van der Waals surface area contributed by atoms with E-state index >= 15 is 0 Å². The van der Waals surface area contributed by atoms with Crippen molar-refractivity contribution in [2.75, 3.05) is 0 Å². The van der Waals surface area contributed by atoms with Gasteiger partial charge in [0.2, 0.25) is 3.79 Å². The van der Waals surface area contributed by atoms with Gasteiger partial charge >= 0.3 is 0 Å². The Balaban J connectivity index is 2.79. The molecule has 0 aliphatic rings. The zero-order valence-corrected chi connectivity index (χ0v) is 8.33. The average Bonchev–Trinajstić information content (AvgIpc) is 2.47. The lowest BCUT2D eigenvalue weighted by molar-refractivity contribution is 0.110. The summed E-state index contributed by atoms with van der Waals surface area (Å²) in [6.45, 7) is 0. The van der Waals surface area contributed by atoms with Crippen molar-refractivity contribution in [1.29, 1.82) is 0 Å². The first-order valence-electron chi connectivity index (χ1n) is 3.55. The van der Waals surface area contributed by atoms with E-state index in [1.807, 2.05) is 24.3 Å². The van der Waals surface area contributed by atoms with E-state index in [9.17, 15) is 4.79 Å². The highest BCUT2D eigenvalue weighted by molar-refractivity contribution is 14.1. The summed E-state index contributed by atoms with van der Waals surface area (Å²) in [6, 6.07) is 7.77. The van der Waals surface area contributed by atoms with Crippen molar-refractivity contribution < 1.29 is 4.79 Å². The summed E-state index contributed by atoms with van der Waals surface area (Å²) in [5.74, 6) is 0. The summed E-state index contributed by atoms with van der Waals surface area (Å²) >= 11 is 1.79. The summed E-state index contributed by atoms with van der Waals surface area (Å²) in [6.07, 6.45) is 1.75. The topological polar surface area (TPSA) is 32.9 Å². The Kier molecular flexibility index (Phi) is 1.88. The van der Waals surface area contributed by atoms with Crippen LogP contribution in [0.25, 0.3) is 10.9 Å². The maximum absolute atomic E-state index is 11.1. The van der Waals surface area contributed by atoms with Crippen LogP contribution >= 0.6 is 22.6 Å². The molecule has 1 heterocycles. The minimum Gasteiger partial charge on any atom is -0.360 e. The molecular formula is C9H6INO. The van der Waals surface area contributed by atoms with Gasteiger partial charge in [-0.3, -0.25) is 4.79 Å². The lowest BCUT2D eigenvalue weighted by atomic mass is 10.2. The van der Waals surface area contributed by atoms with Crippen LogP contribution < -0.4 is 0 Å². The lowest BCUT2D eigenvalue weighted by Crippen LogP contribution is -1.82. The molecule has 0 amide bonds. The van der Waals surface area contributed by atoms with Gasteiger partial charge in [-0.2, -0.15) is 0 Å². The number of H-pyrrole nitrogens is 1. The van der Waals surface area contributed by atoms with E-state index in [4.69, 9.17) is 0 Å². The first kappa shape index (κ1) is 7.79. The van der Waals surface area contributed by atoms with E-state index in [1.165, 1.54) is 0 Å². The van der Waals surface area contributed by atoms with Crippen LogP contribution in [-0.2, 0) is 0 Å². The van der Waals surface area contributed by atoms with Crippen molar-refractivity contribution in [2.24, 2.45) is 0 Å². The molecule has 0 atom stereocenters. The molecule has 1 aromatic heterocycles. The number of rotatable bonds is 1. The maximum atomic E-state index is 11.1. The fourth-order valence-corrected chi connectivity index (χ4v) is 1.68. The van der Waals surface area contributed by atoms with Crippen LogP contribution in [0.2, 0.25) is 0 Å². The molecular weight excluding hydrogens is 265 g/mol. The third kappa shape index (κ3) is 1.14. The van der Waals surface area contributed by atoms with Gasteiger partial charge in [-0.25, -0.2) is 0 Å². The number of carbonyl (C=O) groups excluding carboxylic acids is 1. The number of halogens is 1. The molecule has 0 saturated carbocycles. The Labute approximate surface area is 83.1 Å². The first-order chi connectivity index (χ1) is 5.79. The second-order valence-corrected chi connectivity index (χ2v) is 3.50. The molecule has 0 aliphatic heterocycles. The minimum atomic E-state index is 0.0741. The number of carbonyl (C=O) groups is 1. The van der Waals surface area contributed by atoms with Gasteiger partial charge < -0.3 is 4.98 Å². The molecule has 0 saturated heterocycles. The molecule has 2 nitrogen and oxygen atoms in total. The van der Waals surface area contributed by atoms with E-state index < -0.39 is 0 Å². The van der Waals surface area contributed by atoms with Crippen LogP contribution in [0.1, 0.15) is 10.4 Å². The van der Waals surface area contributed by atoms with Gasteiger partial charge in [0.1, 0.15) is 0 Å². The zero-order chi connectivity index (χ0) is 8.55. The van der Waals surface area contributed by atoms with Crippen molar-refractivity contribution in [3.63, 3.8) is 0 Å². The summed E-state index contributed by atoms with van der Waals surface area (Å²) in [5.41, 5.74) is 1.77. The second kappa shape index (κ2) is 2.90. The first-order valence-corrected chi connectivity index (χ1v) is 4.63. The molecule has 0 aliphatic carbocycles. The zero-order valence-electron chi connectivity index (χ0n) is 6.17. The molecule has 12 heavy (non-hydrogen) atoms. The minimum absolute atomic E-state index is 0.0741. The fraction of sp³-hybridized carbons (Fsp3) is 0. The van der Waals surface area contributed by atoms with Crippen molar-refractivity contribution in [2.45, 2.75) is 0 Å². The molecule has 1 aromatic carbocycles. The quantitative estimate of drug-likeness (QED) is 0.627. The Hall–Kier alpha value is -0.840. The Bertz CT molecular complexity index is 433. The highest BCUT2D eigenvalue weighted by atomic mass is 127. The van der Waals surface area contributed by atoms with E-state index in [1.54, 1.807) is 28.8 Å². The number of aromatic amines is 1. The van der Waals surface area contributed by atoms with Gasteiger partial charge in [-0.15, -0.1) is 0 Å². The SMILES string of the molecule is O=C(I)c1c[nH]c2ccccc12. The predicted octanol–water partition coefficient (Wildman–Crippen LogP) is 2.74. The van der Waals surface area contributed by atoms with Crippen LogP contribution in [0.15, 0.2) is 30.5 Å². The maximum Gasteiger partial charge on any atom is 0.224 e. The van der Waals surface area contributed by atoms with Gasteiger partial charge in [0.15, 0.2) is 0 Å². The van der Waals surface area contributed by atoms with Crippen molar-refractivity contribution in [1.82, 2.24) is 4.98 Å². The normalized spacial score (nSPS) is 10.4. The van der Waals surface area contributed by atoms with E-state index in [-0.39, 0.29) is 3.79 Å². The predicted molar refractivity (Wildman–Crippen MR) is 56.6 cm³/mol. The molecule has 0 unspecified atom stereocenters. The average molecular weight is 271 g/mol. The van der Waals surface area contributed by atoms with Crippen molar-refractivity contribution >= 4 is 37.3 Å². The van der Waals surface area contributed by atoms with Crippen molar-refractivity contribution in [3.05, 3.63) is 36.0 Å². The number of fused-ring (bicyclic) bond motifs is 1. The number of hydrogen-bond donors (Lipinski definition) is 1. The monoisotopic (exact) mass is 271 g/mol. The molecule has 2 aromatic rings. The van der Waals surface area contributed by atoms with Crippen LogP contribution in [0.5, 0.6) is 0 Å². The van der Waals surface area contributed by atoms with E-state index in [2.05, 4.69) is 4.98 Å².